The van der Waals surface area contributed by atoms with E-state index in [4.69, 9.17) is 14.2 Å². The average molecular weight is 398 g/mol. The molecule has 3 aromatic rings. The SMILES string of the molecule is O=C(Oc1c[n-]c2ccccc12)C1OC(O)(CO)C(O)C1OCc1ccccc1. The Morgan fingerprint density at radius 2 is 1.86 bits per heavy atom. The zero-order valence-corrected chi connectivity index (χ0v) is 15.3. The predicted molar refractivity (Wildman–Crippen MR) is 101 cm³/mol. The molecule has 2 aromatic carbocycles. The van der Waals surface area contributed by atoms with Crippen molar-refractivity contribution >= 4 is 16.9 Å². The van der Waals surface area contributed by atoms with Crippen LogP contribution in [0.2, 0.25) is 0 Å². The molecule has 0 bridgehead atoms. The quantitative estimate of drug-likeness (QED) is 0.520. The number of fused-ring (bicyclic) bond motifs is 1. The molecule has 29 heavy (non-hydrogen) atoms. The van der Waals surface area contributed by atoms with E-state index in [1.807, 2.05) is 36.4 Å². The molecule has 4 unspecified atom stereocenters. The van der Waals surface area contributed by atoms with Gasteiger partial charge in [-0.1, -0.05) is 54.6 Å². The van der Waals surface area contributed by atoms with Crippen LogP contribution in [0, 0.1) is 0 Å². The number of esters is 1. The number of rotatable bonds is 6. The molecule has 8 heteroatoms. The Labute approximate surface area is 166 Å². The summed E-state index contributed by atoms with van der Waals surface area (Å²) >= 11 is 0. The van der Waals surface area contributed by atoms with Crippen LogP contribution in [0.1, 0.15) is 5.56 Å². The molecular formula is C21H20NO7-. The van der Waals surface area contributed by atoms with Crippen LogP contribution < -0.4 is 9.72 Å². The summed E-state index contributed by atoms with van der Waals surface area (Å²) in [6.45, 7) is -0.845. The van der Waals surface area contributed by atoms with Crippen molar-refractivity contribution in [2.24, 2.45) is 0 Å². The Hall–Kier alpha value is -2.75. The number of para-hydroxylation sites is 1. The lowest BCUT2D eigenvalue weighted by Crippen LogP contribution is -2.46. The summed E-state index contributed by atoms with van der Waals surface area (Å²) in [7, 11) is 0. The van der Waals surface area contributed by atoms with Crippen molar-refractivity contribution in [3.05, 3.63) is 66.4 Å². The first kappa shape index (κ1) is 19.6. The lowest BCUT2D eigenvalue weighted by molar-refractivity contribution is -0.246. The minimum atomic E-state index is -2.34. The molecule has 0 spiro atoms. The van der Waals surface area contributed by atoms with Gasteiger partial charge in [-0.05, 0) is 5.56 Å². The Bertz CT molecular complexity index is 989. The van der Waals surface area contributed by atoms with Gasteiger partial charge in [-0.25, -0.2) is 4.79 Å². The van der Waals surface area contributed by atoms with E-state index in [1.165, 1.54) is 6.20 Å². The summed E-state index contributed by atoms with van der Waals surface area (Å²) in [5, 5.41) is 30.8. The Balaban J connectivity index is 1.54. The monoisotopic (exact) mass is 398 g/mol. The number of nitrogens with zero attached hydrogens (tertiary/aromatic N) is 1. The molecule has 1 fully saturated rings. The number of ether oxygens (including phenoxy) is 3. The van der Waals surface area contributed by atoms with Gasteiger partial charge in [0.25, 0.3) is 0 Å². The largest absolute Gasteiger partial charge is 0.661 e. The van der Waals surface area contributed by atoms with Crippen molar-refractivity contribution in [1.29, 1.82) is 0 Å². The van der Waals surface area contributed by atoms with Crippen LogP contribution in [0.3, 0.4) is 0 Å². The first-order chi connectivity index (χ1) is 14.0. The maximum absolute atomic E-state index is 12.8. The minimum absolute atomic E-state index is 0.0675. The zero-order valence-electron chi connectivity index (χ0n) is 15.3. The van der Waals surface area contributed by atoms with Crippen molar-refractivity contribution in [3.63, 3.8) is 0 Å². The second kappa shape index (κ2) is 7.94. The first-order valence-electron chi connectivity index (χ1n) is 9.08. The second-order valence-electron chi connectivity index (χ2n) is 6.81. The Kier molecular flexibility index (Phi) is 5.35. The average Bonchev–Trinajstić information content (AvgIpc) is 3.27. The Morgan fingerprint density at radius 1 is 1.14 bits per heavy atom. The van der Waals surface area contributed by atoms with Crippen LogP contribution in [0.25, 0.3) is 10.9 Å². The smallest absolute Gasteiger partial charge is 0.343 e. The molecule has 0 radical (unpaired) electrons. The highest BCUT2D eigenvalue weighted by molar-refractivity contribution is 5.89. The van der Waals surface area contributed by atoms with E-state index in [1.54, 1.807) is 18.2 Å². The topological polar surface area (TPSA) is 120 Å². The van der Waals surface area contributed by atoms with Crippen molar-refractivity contribution in [3.8, 4) is 5.75 Å². The van der Waals surface area contributed by atoms with Crippen LogP contribution >= 0.6 is 0 Å². The molecule has 1 aliphatic heterocycles. The van der Waals surface area contributed by atoms with Crippen LogP contribution in [-0.4, -0.2) is 52.0 Å². The van der Waals surface area contributed by atoms with Gasteiger partial charge < -0.3 is 34.5 Å². The van der Waals surface area contributed by atoms with E-state index < -0.39 is 36.7 Å². The van der Waals surface area contributed by atoms with Crippen molar-refractivity contribution in [2.45, 2.75) is 30.7 Å². The number of benzene rings is 2. The summed E-state index contributed by atoms with van der Waals surface area (Å²) in [5.74, 6) is -2.98. The van der Waals surface area contributed by atoms with E-state index in [0.29, 0.717) is 10.9 Å². The van der Waals surface area contributed by atoms with E-state index >= 15 is 0 Å². The third-order valence-corrected chi connectivity index (χ3v) is 4.85. The van der Waals surface area contributed by atoms with Gasteiger partial charge in [0.15, 0.2) is 6.10 Å². The highest BCUT2D eigenvalue weighted by Gasteiger charge is 2.57. The Morgan fingerprint density at radius 3 is 2.62 bits per heavy atom. The number of aromatic nitrogens is 1. The summed E-state index contributed by atoms with van der Waals surface area (Å²) in [6, 6.07) is 16.2. The van der Waals surface area contributed by atoms with Crippen molar-refractivity contribution < 1.29 is 34.3 Å². The molecule has 4 atom stereocenters. The highest BCUT2D eigenvalue weighted by Crippen LogP contribution is 2.33. The first-order valence-corrected chi connectivity index (χ1v) is 9.08. The molecule has 1 saturated heterocycles. The number of hydrogen-bond donors (Lipinski definition) is 3. The lowest BCUT2D eigenvalue weighted by Gasteiger charge is -2.23. The van der Waals surface area contributed by atoms with Crippen LogP contribution in [0.5, 0.6) is 5.75 Å². The molecule has 2 heterocycles. The third kappa shape index (κ3) is 3.76. The molecule has 0 saturated carbocycles. The fourth-order valence-electron chi connectivity index (χ4n) is 3.28. The number of aliphatic hydroxyl groups is 3. The van der Waals surface area contributed by atoms with Crippen molar-refractivity contribution in [1.82, 2.24) is 4.98 Å². The molecule has 0 amide bonds. The normalized spacial score (nSPS) is 26.7. The van der Waals surface area contributed by atoms with Gasteiger partial charge in [-0.15, -0.1) is 11.7 Å². The molecule has 152 valence electrons. The lowest BCUT2D eigenvalue weighted by atomic mass is 10.1. The fourth-order valence-corrected chi connectivity index (χ4v) is 3.28. The molecule has 1 aliphatic rings. The van der Waals surface area contributed by atoms with Gasteiger partial charge in [-0.2, -0.15) is 0 Å². The number of aliphatic hydroxyl groups excluding tert-OH is 2. The third-order valence-electron chi connectivity index (χ3n) is 4.85. The molecule has 0 aliphatic carbocycles. The fraction of sp³-hybridized carbons (Fsp3) is 0.286. The summed E-state index contributed by atoms with van der Waals surface area (Å²) in [5.41, 5.74) is 1.46. The minimum Gasteiger partial charge on any atom is -0.661 e. The summed E-state index contributed by atoms with van der Waals surface area (Å²) < 4.78 is 16.4. The van der Waals surface area contributed by atoms with Gasteiger partial charge >= 0.3 is 5.97 Å². The number of carbonyl (C=O) groups is 1. The summed E-state index contributed by atoms with van der Waals surface area (Å²) in [4.78, 5) is 16.9. The molecular weight excluding hydrogens is 378 g/mol. The van der Waals surface area contributed by atoms with Crippen LogP contribution in [0.4, 0.5) is 0 Å². The number of hydrogen-bond acceptors (Lipinski definition) is 7. The standard InChI is InChI=1S/C21H20NO7/c23-12-21(26)19(24)17(27-11-13-6-2-1-3-7-13)18(29-21)20(25)28-16-10-22-15-9-5-4-8-14(15)16/h1-10,17-19,23-24,26H,11-12H2/q-1. The van der Waals surface area contributed by atoms with Gasteiger partial charge in [-0.3, -0.25) is 0 Å². The van der Waals surface area contributed by atoms with E-state index in [-0.39, 0.29) is 12.4 Å². The number of carbonyl (C=O) groups excluding carboxylic acids is 1. The second-order valence-corrected chi connectivity index (χ2v) is 6.81. The van der Waals surface area contributed by atoms with Crippen LogP contribution in [-0.2, 0) is 20.9 Å². The van der Waals surface area contributed by atoms with Crippen LogP contribution in [0.15, 0.2) is 60.8 Å². The zero-order chi connectivity index (χ0) is 20.4. The molecule has 1 aromatic heterocycles. The van der Waals surface area contributed by atoms with Gasteiger partial charge in [0.05, 0.1) is 13.2 Å². The van der Waals surface area contributed by atoms with Gasteiger partial charge in [0, 0.05) is 5.39 Å². The maximum Gasteiger partial charge on any atom is 0.343 e. The van der Waals surface area contributed by atoms with Gasteiger partial charge in [0.1, 0.15) is 18.0 Å². The highest BCUT2D eigenvalue weighted by atomic mass is 16.7. The van der Waals surface area contributed by atoms with E-state index in [2.05, 4.69) is 4.98 Å². The van der Waals surface area contributed by atoms with E-state index in [9.17, 15) is 20.1 Å². The molecule has 3 N–H and O–H groups in total. The van der Waals surface area contributed by atoms with Crippen molar-refractivity contribution in [2.75, 3.05) is 6.61 Å². The molecule has 8 nitrogen and oxygen atoms in total. The maximum atomic E-state index is 12.8. The van der Waals surface area contributed by atoms with E-state index in [0.717, 1.165) is 5.56 Å². The predicted octanol–water partition coefficient (Wildman–Crippen LogP) is 0.728. The molecule has 4 rings (SSSR count). The van der Waals surface area contributed by atoms with Gasteiger partial charge in [0.2, 0.25) is 5.79 Å². The summed E-state index contributed by atoms with van der Waals surface area (Å²) in [6.07, 6.45) is -2.93.